The van der Waals surface area contributed by atoms with Crippen molar-refractivity contribution in [2.24, 2.45) is 0 Å². The van der Waals surface area contributed by atoms with Gasteiger partial charge < -0.3 is 10.2 Å². The third kappa shape index (κ3) is 4.36. The Bertz CT molecular complexity index is 686. The predicted octanol–water partition coefficient (Wildman–Crippen LogP) is 3.57. The number of nitrogens with one attached hydrogen (secondary N) is 1. The molecule has 0 radical (unpaired) electrons. The predicted molar refractivity (Wildman–Crippen MR) is 95.5 cm³/mol. The van der Waals surface area contributed by atoms with Crippen LogP contribution >= 0.6 is 11.6 Å². The van der Waals surface area contributed by atoms with E-state index in [2.05, 4.69) is 5.32 Å². The van der Waals surface area contributed by atoms with Crippen LogP contribution in [0.4, 0.5) is 0 Å². The smallest absolute Gasteiger partial charge is 0.247 e. The van der Waals surface area contributed by atoms with E-state index >= 15 is 0 Å². The molecule has 0 heterocycles. The summed E-state index contributed by atoms with van der Waals surface area (Å²) < 4.78 is 0. The molecule has 0 aromatic heterocycles. The lowest BCUT2D eigenvalue weighted by atomic mass is 10.0. The molecule has 0 saturated carbocycles. The van der Waals surface area contributed by atoms with Gasteiger partial charge in [0.05, 0.1) is 0 Å². The van der Waals surface area contributed by atoms with Crippen LogP contribution in [0, 0.1) is 0 Å². The first-order chi connectivity index (χ1) is 11.6. The van der Waals surface area contributed by atoms with Crippen LogP contribution in [0.2, 0.25) is 5.02 Å². The number of carbonyl (C=O) groups excluding carboxylic acids is 2. The first kappa shape index (κ1) is 18.0. The maximum Gasteiger partial charge on any atom is 0.247 e. The molecular weight excluding hydrogens is 324 g/mol. The van der Waals surface area contributed by atoms with E-state index < -0.39 is 6.04 Å². The molecule has 0 aliphatic carbocycles. The van der Waals surface area contributed by atoms with Crippen molar-refractivity contribution in [2.75, 3.05) is 7.05 Å². The number of carbonyl (C=O) groups is 2. The first-order valence-corrected chi connectivity index (χ1v) is 8.25. The summed E-state index contributed by atoms with van der Waals surface area (Å²) >= 11 is 5.92. The molecule has 4 nitrogen and oxygen atoms in total. The molecule has 126 valence electrons. The highest BCUT2D eigenvalue weighted by atomic mass is 35.5. The van der Waals surface area contributed by atoms with Crippen LogP contribution < -0.4 is 5.32 Å². The molecule has 1 atom stereocenters. The van der Waals surface area contributed by atoms with E-state index in [1.54, 1.807) is 31.0 Å². The topological polar surface area (TPSA) is 49.4 Å². The Hall–Kier alpha value is -2.33. The first-order valence-electron chi connectivity index (χ1n) is 7.87. The van der Waals surface area contributed by atoms with Gasteiger partial charge >= 0.3 is 0 Å². The maximum absolute atomic E-state index is 12.5. The number of likely N-dealkylation sites (N-methyl/N-ethyl adjacent to an activating group) is 1. The van der Waals surface area contributed by atoms with E-state index in [4.69, 9.17) is 11.6 Å². The molecule has 2 aromatic rings. The van der Waals surface area contributed by atoms with Gasteiger partial charge in [-0.25, -0.2) is 0 Å². The van der Waals surface area contributed by atoms with Crippen molar-refractivity contribution in [2.45, 2.75) is 25.9 Å². The summed E-state index contributed by atoms with van der Waals surface area (Å²) in [4.78, 5) is 26.6. The minimum absolute atomic E-state index is 0.0811. The van der Waals surface area contributed by atoms with Crippen molar-refractivity contribution in [3.05, 3.63) is 70.7 Å². The summed E-state index contributed by atoms with van der Waals surface area (Å²) in [5.41, 5.74) is 1.71. The van der Waals surface area contributed by atoms with E-state index in [-0.39, 0.29) is 11.8 Å². The van der Waals surface area contributed by atoms with Crippen LogP contribution in [0.5, 0.6) is 0 Å². The molecule has 0 fully saturated rings. The molecule has 0 aliphatic rings. The van der Waals surface area contributed by atoms with Crippen molar-refractivity contribution >= 4 is 23.4 Å². The number of hydrogen-bond donors (Lipinski definition) is 1. The van der Waals surface area contributed by atoms with E-state index in [0.29, 0.717) is 18.0 Å². The second-order valence-corrected chi connectivity index (χ2v) is 5.87. The number of nitrogens with zero attached hydrogens (tertiary/aromatic N) is 1. The molecule has 2 amide bonds. The fourth-order valence-corrected chi connectivity index (χ4v) is 2.68. The number of rotatable bonds is 6. The fourth-order valence-electron chi connectivity index (χ4n) is 2.56. The number of halogens is 1. The SMILES string of the molecule is CCC(=O)N(Cc1ccc(Cl)cc1)[C@@H](C(=O)NC)c1ccccc1. The van der Waals surface area contributed by atoms with Gasteiger partial charge in [-0.1, -0.05) is 61.0 Å². The average Bonchev–Trinajstić information content (AvgIpc) is 2.62. The van der Waals surface area contributed by atoms with Crippen LogP contribution in [0.1, 0.15) is 30.5 Å². The minimum atomic E-state index is -0.667. The summed E-state index contributed by atoms with van der Waals surface area (Å²) in [5, 5.41) is 3.30. The number of hydrogen-bond acceptors (Lipinski definition) is 2. The average molecular weight is 345 g/mol. The van der Waals surface area contributed by atoms with Gasteiger partial charge in [0, 0.05) is 25.0 Å². The zero-order valence-electron chi connectivity index (χ0n) is 13.8. The van der Waals surface area contributed by atoms with Crippen LogP contribution in [-0.2, 0) is 16.1 Å². The minimum Gasteiger partial charge on any atom is -0.357 e. The number of benzene rings is 2. The van der Waals surface area contributed by atoms with Gasteiger partial charge in [0.1, 0.15) is 6.04 Å². The Balaban J connectivity index is 2.40. The third-order valence-electron chi connectivity index (χ3n) is 3.81. The summed E-state index contributed by atoms with van der Waals surface area (Å²) in [6.45, 7) is 2.14. The van der Waals surface area contributed by atoms with Crippen LogP contribution in [0.25, 0.3) is 0 Å². The van der Waals surface area contributed by atoms with Crippen molar-refractivity contribution in [1.82, 2.24) is 10.2 Å². The summed E-state index contributed by atoms with van der Waals surface area (Å²) in [6, 6.07) is 16.0. The lowest BCUT2D eigenvalue weighted by molar-refractivity contribution is -0.141. The molecule has 5 heteroatoms. The van der Waals surface area contributed by atoms with E-state index in [9.17, 15) is 9.59 Å². The van der Waals surface area contributed by atoms with Gasteiger partial charge in [0.15, 0.2) is 0 Å². The van der Waals surface area contributed by atoms with Gasteiger partial charge in [-0.15, -0.1) is 0 Å². The van der Waals surface area contributed by atoms with E-state index in [0.717, 1.165) is 11.1 Å². The second kappa shape index (κ2) is 8.50. The normalized spacial score (nSPS) is 11.6. The van der Waals surface area contributed by atoms with Gasteiger partial charge in [-0.3, -0.25) is 9.59 Å². The molecule has 2 aromatic carbocycles. The quantitative estimate of drug-likeness (QED) is 0.871. The van der Waals surface area contributed by atoms with Crippen LogP contribution in [0.3, 0.4) is 0 Å². The van der Waals surface area contributed by atoms with E-state index in [1.807, 2.05) is 42.5 Å². The Labute approximate surface area is 147 Å². The summed E-state index contributed by atoms with van der Waals surface area (Å²) in [7, 11) is 1.58. The molecule has 0 aliphatic heterocycles. The lowest BCUT2D eigenvalue weighted by Crippen LogP contribution is -2.42. The van der Waals surface area contributed by atoms with Crippen molar-refractivity contribution in [3.8, 4) is 0 Å². The van der Waals surface area contributed by atoms with Crippen LogP contribution in [0.15, 0.2) is 54.6 Å². The molecule has 0 unspecified atom stereocenters. The van der Waals surface area contributed by atoms with Gasteiger partial charge in [-0.2, -0.15) is 0 Å². The molecule has 0 spiro atoms. The molecule has 1 N–H and O–H groups in total. The Morgan fingerprint density at radius 1 is 1.08 bits per heavy atom. The van der Waals surface area contributed by atoms with Crippen molar-refractivity contribution < 1.29 is 9.59 Å². The fraction of sp³-hybridized carbons (Fsp3) is 0.263. The summed E-state index contributed by atoms with van der Waals surface area (Å²) in [6.07, 6.45) is 0.327. The molecule has 0 bridgehead atoms. The molecular formula is C19H21ClN2O2. The van der Waals surface area contributed by atoms with Gasteiger partial charge in [-0.05, 0) is 23.3 Å². The highest BCUT2D eigenvalue weighted by Crippen LogP contribution is 2.24. The molecule has 0 saturated heterocycles. The number of amides is 2. The largest absolute Gasteiger partial charge is 0.357 e. The second-order valence-electron chi connectivity index (χ2n) is 5.43. The van der Waals surface area contributed by atoms with Crippen molar-refractivity contribution in [3.63, 3.8) is 0 Å². The Kier molecular flexibility index (Phi) is 6.38. The maximum atomic E-state index is 12.5. The Morgan fingerprint density at radius 2 is 1.71 bits per heavy atom. The zero-order valence-corrected chi connectivity index (χ0v) is 14.6. The standard InChI is InChI=1S/C19H21ClN2O2/c1-3-17(23)22(13-14-9-11-16(20)12-10-14)18(19(24)21-2)15-7-5-4-6-8-15/h4-12,18H,3,13H2,1-2H3,(H,21,24)/t18-/m1/s1. The molecule has 2 rings (SSSR count). The highest BCUT2D eigenvalue weighted by molar-refractivity contribution is 6.30. The van der Waals surface area contributed by atoms with Gasteiger partial charge in [0.25, 0.3) is 0 Å². The Morgan fingerprint density at radius 3 is 2.25 bits per heavy atom. The van der Waals surface area contributed by atoms with E-state index in [1.165, 1.54) is 0 Å². The van der Waals surface area contributed by atoms with Crippen molar-refractivity contribution in [1.29, 1.82) is 0 Å². The highest BCUT2D eigenvalue weighted by Gasteiger charge is 2.29. The summed E-state index contributed by atoms with van der Waals surface area (Å²) in [5.74, 6) is -0.292. The lowest BCUT2D eigenvalue weighted by Gasteiger charge is -2.31. The van der Waals surface area contributed by atoms with Crippen LogP contribution in [-0.4, -0.2) is 23.8 Å². The third-order valence-corrected chi connectivity index (χ3v) is 4.06. The monoisotopic (exact) mass is 344 g/mol. The van der Waals surface area contributed by atoms with Gasteiger partial charge in [0.2, 0.25) is 11.8 Å². The molecule has 24 heavy (non-hydrogen) atoms. The zero-order chi connectivity index (χ0) is 17.5.